The molecule has 2 heterocycles. The minimum Gasteiger partial charge on any atom is -0.455 e. The molecule has 0 N–H and O–H groups in total. The van der Waals surface area contributed by atoms with Crippen LogP contribution in [0.25, 0.3) is 100 Å². The van der Waals surface area contributed by atoms with Gasteiger partial charge in [-0.1, -0.05) is 158 Å². The summed E-state index contributed by atoms with van der Waals surface area (Å²) in [5, 5.41) is 4.11. The van der Waals surface area contributed by atoms with Crippen LogP contribution in [-0.2, 0) is 0 Å². The fourth-order valence-corrected chi connectivity index (χ4v) is 7.37. The van der Waals surface area contributed by atoms with E-state index < -0.39 is 0 Å². The Morgan fingerprint density at radius 1 is 0.302 bits per heavy atom. The molecule has 0 saturated carbocycles. The van der Waals surface area contributed by atoms with Crippen LogP contribution >= 0.6 is 0 Å². The van der Waals surface area contributed by atoms with Crippen LogP contribution in [0.1, 0.15) is 0 Å². The molecule has 0 atom stereocenters. The normalized spacial score (nSPS) is 11.4. The van der Waals surface area contributed by atoms with Gasteiger partial charge in [-0.25, -0.2) is 15.0 Å². The van der Waals surface area contributed by atoms with Crippen LogP contribution in [0.15, 0.2) is 192 Å². The first kappa shape index (κ1) is 30.6. The predicted molar refractivity (Wildman–Crippen MR) is 217 cm³/mol. The first-order chi connectivity index (χ1) is 26.3. The lowest BCUT2D eigenvalue weighted by Crippen LogP contribution is -2.01. The topological polar surface area (TPSA) is 51.8 Å². The predicted octanol–water partition coefficient (Wildman–Crippen LogP) is 12.9. The van der Waals surface area contributed by atoms with Gasteiger partial charge in [-0.2, -0.15) is 0 Å². The molecule has 248 valence electrons. The number of benzene rings is 8. The van der Waals surface area contributed by atoms with E-state index in [4.69, 9.17) is 19.4 Å². The molecule has 0 aliphatic heterocycles. The Morgan fingerprint density at radius 2 is 0.792 bits per heavy atom. The summed E-state index contributed by atoms with van der Waals surface area (Å²) in [4.78, 5) is 15.7. The van der Waals surface area contributed by atoms with Crippen molar-refractivity contribution >= 4 is 32.7 Å². The van der Waals surface area contributed by atoms with Gasteiger partial charge in [0.25, 0.3) is 0 Å². The van der Waals surface area contributed by atoms with E-state index >= 15 is 0 Å². The largest absolute Gasteiger partial charge is 0.455 e. The van der Waals surface area contributed by atoms with Crippen molar-refractivity contribution in [2.45, 2.75) is 0 Å². The highest BCUT2D eigenvalue weighted by Gasteiger charge is 2.21. The number of furan rings is 1. The molecule has 0 aliphatic rings. The maximum atomic E-state index is 6.66. The van der Waals surface area contributed by atoms with Crippen molar-refractivity contribution in [3.63, 3.8) is 0 Å². The maximum absolute atomic E-state index is 6.66. The molecule has 0 fully saturated rings. The number of para-hydroxylation sites is 1. The van der Waals surface area contributed by atoms with E-state index in [1.165, 1.54) is 0 Å². The zero-order chi connectivity index (χ0) is 35.1. The van der Waals surface area contributed by atoms with Gasteiger partial charge < -0.3 is 4.42 Å². The van der Waals surface area contributed by atoms with Crippen molar-refractivity contribution < 1.29 is 4.42 Å². The Kier molecular flexibility index (Phi) is 7.43. The minimum absolute atomic E-state index is 0.600. The highest BCUT2D eigenvalue weighted by Crippen LogP contribution is 2.43. The molecular weight excluding hydrogens is 647 g/mol. The molecule has 0 spiro atoms. The fraction of sp³-hybridized carbons (Fsp3) is 0. The number of nitrogens with zero attached hydrogens (tertiary/aromatic N) is 3. The Labute approximate surface area is 306 Å². The van der Waals surface area contributed by atoms with Crippen LogP contribution in [0.3, 0.4) is 0 Å². The molecule has 8 aromatic carbocycles. The summed E-state index contributed by atoms with van der Waals surface area (Å²) in [5.74, 6) is 1.82. The zero-order valence-electron chi connectivity index (χ0n) is 28.6. The third kappa shape index (κ3) is 5.54. The van der Waals surface area contributed by atoms with E-state index in [0.717, 1.165) is 82.8 Å². The fourth-order valence-electron chi connectivity index (χ4n) is 7.37. The molecule has 4 nitrogen and oxygen atoms in total. The monoisotopic (exact) mass is 677 g/mol. The van der Waals surface area contributed by atoms with Crippen molar-refractivity contribution in [3.8, 4) is 67.5 Å². The second-order valence-corrected chi connectivity index (χ2v) is 13.2. The Balaban J connectivity index is 1.28. The average Bonchev–Trinajstić information content (AvgIpc) is 3.63. The maximum Gasteiger partial charge on any atom is 0.164 e. The summed E-state index contributed by atoms with van der Waals surface area (Å²) in [6, 6.07) is 65.1. The summed E-state index contributed by atoms with van der Waals surface area (Å²) < 4.78 is 6.66. The van der Waals surface area contributed by atoms with Gasteiger partial charge in [0, 0.05) is 32.8 Å². The molecular formula is C49H31N3O. The molecule has 10 rings (SSSR count). The zero-order valence-corrected chi connectivity index (χ0v) is 28.6. The lowest BCUT2D eigenvalue weighted by Gasteiger charge is -2.14. The summed E-state index contributed by atoms with van der Waals surface area (Å²) in [6.07, 6.45) is 0. The Bertz CT molecular complexity index is 2860. The SMILES string of the molecule is c1ccc(-c2cc(-c3ccccc3)cc(-c3nc(-c4ccccc4)nc(-c4cc5c6ccccc6oc5c5c(-c6ccccc6)cccc45)n3)c2)cc1. The number of hydrogen-bond donors (Lipinski definition) is 0. The standard InChI is InChI=1S/C49H31N3O/c1-5-16-32(17-6-1)36-28-37(33-18-7-2-8-19-33)30-38(29-36)48-50-47(35-22-11-4-12-23-35)51-49(52-48)43-31-42-40-24-13-14-27-44(40)53-46(42)45-39(25-15-26-41(43)45)34-20-9-3-10-21-34/h1-31H. The quantitative estimate of drug-likeness (QED) is 0.176. The Hall–Kier alpha value is -7.17. The summed E-state index contributed by atoms with van der Waals surface area (Å²) in [5.41, 5.74) is 11.1. The van der Waals surface area contributed by atoms with E-state index in [1.807, 2.05) is 48.5 Å². The molecule has 0 unspecified atom stereocenters. The van der Waals surface area contributed by atoms with E-state index in [2.05, 4.69) is 140 Å². The van der Waals surface area contributed by atoms with E-state index in [-0.39, 0.29) is 0 Å². The molecule has 0 bridgehead atoms. The number of fused-ring (bicyclic) bond motifs is 5. The van der Waals surface area contributed by atoms with Gasteiger partial charge in [0.15, 0.2) is 17.5 Å². The van der Waals surface area contributed by atoms with Gasteiger partial charge in [-0.05, 0) is 69.1 Å². The summed E-state index contributed by atoms with van der Waals surface area (Å²) >= 11 is 0. The van der Waals surface area contributed by atoms with Crippen LogP contribution in [-0.4, -0.2) is 15.0 Å². The van der Waals surface area contributed by atoms with Crippen molar-refractivity contribution in [2.75, 3.05) is 0 Å². The molecule has 0 saturated heterocycles. The lowest BCUT2D eigenvalue weighted by atomic mass is 9.93. The van der Waals surface area contributed by atoms with Crippen molar-refractivity contribution in [2.24, 2.45) is 0 Å². The highest BCUT2D eigenvalue weighted by molar-refractivity contribution is 6.22. The molecule has 0 amide bonds. The second-order valence-electron chi connectivity index (χ2n) is 13.2. The van der Waals surface area contributed by atoms with Gasteiger partial charge in [0.1, 0.15) is 11.2 Å². The number of rotatable bonds is 6. The molecule has 0 aliphatic carbocycles. The van der Waals surface area contributed by atoms with Gasteiger partial charge >= 0.3 is 0 Å². The van der Waals surface area contributed by atoms with Crippen LogP contribution in [0.5, 0.6) is 0 Å². The van der Waals surface area contributed by atoms with E-state index in [0.29, 0.717) is 17.5 Å². The molecule has 10 aromatic rings. The van der Waals surface area contributed by atoms with E-state index in [9.17, 15) is 0 Å². The van der Waals surface area contributed by atoms with E-state index in [1.54, 1.807) is 0 Å². The third-order valence-electron chi connectivity index (χ3n) is 9.90. The van der Waals surface area contributed by atoms with Crippen molar-refractivity contribution in [1.82, 2.24) is 15.0 Å². The van der Waals surface area contributed by atoms with Crippen LogP contribution in [0.2, 0.25) is 0 Å². The van der Waals surface area contributed by atoms with Crippen LogP contribution in [0, 0.1) is 0 Å². The molecule has 4 heteroatoms. The molecule has 2 aromatic heterocycles. The molecule has 0 radical (unpaired) electrons. The number of hydrogen-bond acceptors (Lipinski definition) is 4. The van der Waals surface area contributed by atoms with Gasteiger partial charge in [-0.3, -0.25) is 0 Å². The third-order valence-corrected chi connectivity index (χ3v) is 9.90. The second kappa shape index (κ2) is 12.9. The van der Waals surface area contributed by atoms with Crippen LogP contribution in [0.4, 0.5) is 0 Å². The average molecular weight is 678 g/mol. The van der Waals surface area contributed by atoms with Gasteiger partial charge in [0.2, 0.25) is 0 Å². The Morgan fingerprint density at radius 3 is 1.43 bits per heavy atom. The van der Waals surface area contributed by atoms with Gasteiger partial charge in [-0.15, -0.1) is 0 Å². The van der Waals surface area contributed by atoms with Crippen LogP contribution < -0.4 is 0 Å². The van der Waals surface area contributed by atoms with Crippen molar-refractivity contribution in [3.05, 3.63) is 188 Å². The summed E-state index contributed by atoms with van der Waals surface area (Å²) in [7, 11) is 0. The lowest BCUT2D eigenvalue weighted by molar-refractivity contribution is 0.673. The minimum atomic E-state index is 0.600. The number of aromatic nitrogens is 3. The summed E-state index contributed by atoms with van der Waals surface area (Å²) in [6.45, 7) is 0. The first-order valence-corrected chi connectivity index (χ1v) is 17.8. The van der Waals surface area contributed by atoms with Gasteiger partial charge in [0.05, 0.1) is 0 Å². The highest BCUT2D eigenvalue weighted by atomic mass is 16.3. The first-order valence-electron chi connectivity index (χ1n) is 17.8. The molecule has 53 heavy (non-hydrogen) atoms. The van der Waals surface area contributed by atoms with Crippen molar-refractivity contribution in [1.29, 1.82) is 0 Å². The smallest absolute Gasteiger partial charge is 0.164 e.